The van der Waals surface area contributed by atoms with E-state index in [0.717, 1.165) is 18.0 Å². The highest BCUT2D eigenvalue weighted by molar-refractivity contribution is 6.00. The largest absolute Gasteiger partial charge is 0.497 e. The van der Waals surface area contributed by atoms with Gasteiger partial charge in [0.15, 0.2) is 0 Å². The zero-order valence-corrected chi connectivity index (χ0v) is 17.7. The van der Waals surface area contributed by atoms with E-state index in [9.17, 15) is 9.59 Å². The van der Waals surface area contributed by atoms with Crippen LogP contribution in [0, 0.1) is 11.8 Å². The topological polar surface area (TPSA) is 53.1 Å². The summed E-state index contributed by atoms with van der Waals surface area (Å²) in [6.07, 6.45) is 6.62. The quantitative estimate of drug-likeness (QED) is 0.764. The number of anilines is 1. The third kappa shape index (κ3) is 4.27. The Hall–Kier alpha value is -2.08. The molecular formula is C23H33N3O3. The molecule has 3 heterocycles. The molecule has 0 aromatic heterocycles. The lowest BCUT2D eigenvalue weighted by Crippen LogP contribution is -2.51. The van der Waals surface area contributed by atoms with Gasteiger partial charge in [-0.15, -0.1) is 0 Å². The van der Waals surface area contributed by atoms with Crippen LogP contribution in [-0.4, -0.2) is 68.0 Å². The van der Waals surface area contributed by atoms with Gasteiger partial charge in [0.1, 0.15) is 5.75 Å². The summed E-state index contributed by atoms with van der Waals surface area (Å²) >= 11 is 0. The number of nitrogens with zero attached hydrogens (tertiary/aromatic N) is 3. The third-order valence-corrected chi connectivity index (χ3v) is 6.97. The molecule has 6 heteroatoms. The zero-order valence-electron chi connectivity index (χ0n) is 17.7. The summed E-state index contributed by atoms with van der Waals surface area (Å²) in [5.41, 5.74) is 0.832. The van der Waals surface area contributed by atoms with Gasteiger partial charge in [0.2, 0.25) is 11.8 Å². The summed E-state index contributed by atoms with van der Waals surface area (Å²) in [5, 5.41) is 0. The first-order valence-electron chi connectivity index (χ1n) is 11.0. The molecule has 3 atom stereocenters. The lowest BCUT2D eigenvalue weighted by atomic mass is 9.83. The molecule has 1 aromatic rings. The molecule has 0 bridgehead atoms. The highest BCUT2D eigenvalue weighted by atomic mass is 16.5. The molecule has 6 nitrogen and oxygen atoms in total. The molecule has 1 unspecified atom stereocenters. The summed E-state index contributed by atoms with van der Waals surface area (Å²) in [4.78, 5) is 32.0. The molecule has 0 spiro atoms. The fraction of sp³-hybridized carbons (Fsp3) is 0.652. The number of rotatable bonds is 5. The monoisotopic (exact) mass is 399 g/mol. The number of fused-ring (bicyclic) bond motifs is 1. The fourth-order valence-corrected chi connectivity index (χ4v) is 5.43. The average Bonchev–Trinajstić information content (AvgIpc) is 3.15. The normalized spacial score (nSPS) is 27.6. The van der Waals surface area contributed by atoms with E-state index in [-0.39, 0.29) is 17.7 Å². The zero-order chi connectivity index (χ0) is 20.4. The molecule has 3 aliphatic rings. The van der Waals surface area contributed by atoms with E-state index in [1.807, 2.05) is 36.2 Å². The van der Waals surface area contributed by atoms with E-state index in [2.05, 4.69) is 4.90 Å². The van der Waals surface area contributed by atoms with Gasteiger partial charge >= 0.3 is 0 Å². The maximum absolute atomic E-state index is 13.1. The lowest BCUT2D eigenvalue weighted by molar-refractivity contribution is -0.135. The van der Waals surface area contributed by atoms with E-state index in [0.29, 0.717) is 24.9 Å². The second kappa shape index (κ2) is 8.74. The third-order valence-electron chi connectivity index (χ3n) is 6.97. The second-order valence-corrected chi connectivity index (χ2v) is 8.82. The first-order chi connectivity index (χ1) is 14.1. The molecule has 3 aliphatic heterocycles. The molecular weight excluding hydrogens is 366 g/mol. The average molecular weight is 400 g/mol. The van der Waals surface area contributed by atoms with Gasteiger partial charge in [-0.25, -0.2) is 0 Å². The SMILES string of the molecule is COc1ccc(N2CC(C(=O)N(C)C[C@@H]3CCCN4CCCC[C@H]34)CC2=O)cc1. The van der Waals surface area contributed by atoms with Crippen molar-refractivity contribution in [2.75, 3.05) is 45.2 Å². The number of piperidine rings is 2. The van der Waals surface area contributed by atoms with E-state index in [1.165, 1.54) is 45.2 Å². The van der Waals surface area contributed by atoms with Crippen LogP contribution in [0.25, 0.3) is 0 Å². The predicted octanol–water partition coefficient (Wildman–Crippen LogP) is 2.77. The van der Waals surface area contributed by atoms with Gasteiger partial charge in [-0.2, -0.15) is 0 Å². The van der Waals surface area contributed by atoms with Crippen molar-refractivity contribution in [2.45, 2.75) is 44.6 Å². The van der Waals surface area contributed by atoms with Gasteiger partial charge in [0, 0.05) is 38.3 Å². The first-order valence-corrected chi connectivity index (χ1v) is 11.0. The predicted molar refractivity (Wildman–Crippen MR) is 113 cm³/mol. The van der Waals surface area contributed by atoms with Crippen molar-refractivity contribution in [3.63, 3.8) is 0 Å². The Bertz CT molecular complexity index is 733. The molecule has 0 aliphatic carbocycles. The van der Waals surface area contributed by atoms with Crippen LogP contribution in [0.4, 0.5) is 5.69 Å². The number of hydrogen-bond acceptors (Lipinski definition) is 4. The minimum atomic E-state index is -0.249. The molecule has 158 valence electrons. The van der Waals surface area contributed by atoms with Crippen LogP contribution in [0.1, 0.15) is 38.5 Å². The minimum Gasteiger partial charge on any atom is -0.497 e. The number of amides is 2. The van der Waals surface area contributed by atoms with Crippen LogP contribution in [0.2, 0.25) is 0 Å². The Morgan fingerprint density at radius 2 is 1.90 bits per heavy atom. The Morgan fingerprint density at radius 3 is 2.66 bits per heavy atom. The fourth-order valence-electron chi connectivity index (χ4n) is 5.43. The van der Waals surface area contributed by atoms with Gasteiger partial charge < -0.3 is 19.4 Å². The highest BCUT2D eigenvalue weighted by Crippen LogP contribution is 2.32. The molecule has 0 N–H and O–H groups in total. The first kappa shape index (κ1) is 20.2. The number of ether oxygens (including phenoxy) is 1. The van der Waals surface area contributed by atoms with Gasteiger partial charge in [0.25, 0.3) is 0 Å². The molecule has 4 rings (SSSR count). The molecule has 2 amide bonds. The smallest absolute Gasteiger partial charge is 0.227 e. The Kier molecular flexibility index (Phi) is 6.09. The molecule has 1 aromatic carbocycles. The van der Waals surface area contributed by atoms with Crippen molar-refractivity contribution in [1.82, 2.24) is 9.80 Å². The van der Waals surface area contributed by atoms with Gasteiger partial charge in [-0.1, -0.05) is 6.42 Å². The Labute approximate surface area is 173 Å². The van der Waals surface area contributed by atoms with Gasteiger partial charge in [-0.05, 0) is 69.0 Å². The number of methoxy groups -OCH3 is 1. The molecule has 0 saturated carbocycles. The lowest BCUT2D eigenvalue weighted by Gasteiger charge is -2.45. The summed E-state index contributed by atoms with van der Waals surface area (Å²) in [6.45, 7) is 3.71. The standard InChI is InChI=1S/C23H33N3O3/c1-24(15-17-6-5-13-25-12-4-3-7-21(17)25)23(28)18-14-22(27)26(16-18)19-8-10-20(29-2)11-9-19/h8-11,17-18,21H,3-7,12-16H2,1-2H3/t17-,18?,21+/m0/s1. The Morgan fingerprint density at radius 1 is 1.14 bits per heavy atom. The summed E-state index contributed by atoms with van der Waals surface area (Å²) in [7, 11) is 3.55. The molecule has 3 saturated heterocycles. The van der Waals surface area contributed by atoms with Crippen molar-refractivity contribution < 1.29 is 14.3 Å². The van der Waals surface area contributed by atoms with E-state index in [4.69, 9.17) is 4.74 Å². The van der Waals surface area contributed by atoms with Crippen molar-refractivity contribution in [3.05, 3.63) is 24.3 Å². The number of carbonyl (C=O) groups excluding carboxylic acids is 2. The van der Waals surface area contributed by atoms with Crippen LogP contribution in [0.15, 0.2) is 24.3 Å². The van der Waals surface area contributed by atoms with Crippen LogP contribution in [-0.2, 0) is 9.59 Å². The van der Waals surface area contributed by atoms with E-state index >= 15 is 0 Å². The maximum Gasteiger partial charge on any atom is 0.227 e. The van der Waals surface area contributed by atoms with Crippen LogP contribution in [0.5, 0.6) is 5.75 Å². The number of benzene rings is 1. The molecule has 29 heavy (non-hydrogen) atoms. The van der Waals surface area contributed by atoms with Crippen molar-refractivity contribution in [3.8, 4) is 5.75 Å². The van der Waals surface area contributed by atoms with Crippen LogP contribution < -0.4 is 9.64 Å². The van der Waals surface area contributed by atoms with Gasteiger partial charge in [-0.3, -0.25) is 9.59 Å². The van der Waals surface area contributed by atoms with Crippen LogP contribution in [0.3, 0.4) is 0 Å². The maximum atomic E-state index is 13.1. The van der Waals surface area contributed by atoms with Gasteiger partial charge in [0.05, 0.1) is 13.0 Å². The summed E-state index contributed by atoms with van der Waals surface area (Å²) < 4.78 is 5.19. The van der Waals surface area contributed by atoms with Crippen molar-refractivity contribution in [2.24, 2.45) is 11.8 Å². The minimum absolute atomic E-state index is 0.0260. The molecule has 3 fully saturated rings. The summed E-state index contributed by atoms with van der Waals surface area (Å²) in [6, 6.07) is 8.10. The molecule has 0 radical (unpaired) electrons. The van der Waals surface area contributed by atoms with Crippen LogP contribution >= 0.6 is 0 Å². The van der Waals surface area contributed by atoms with Crippen molar-refractivity contribution in [1.29, 1.82) is 0 Å². The van der Waals surface area contributed by atoms with E-state index in [1.54, 1.807) is 12.0 Å². The Balaban J connectivity index is 1.36. The number of carbonyl (C=O) groups is 2. The summed E-state index contributed by atoms with van der Waals surface area (Å²) in [5.74, 6) is 1.21. The van der Waals surface area contributed by atoms with E-state index < -0.39 is 0 Å². The number of hydrogen-bond donors (Lipinski definition) is 0. The highest BCUT2D eigenvalue weighted by Gasteiger charge is 2.38. The second-order valence-electron chi connectivity index (χ2n) is 8.82. The van der Waals surface area contributed by atoms with Crippen molar-refractivity contribution >= 4 is 17.5 Å².